The lowest BCUT2D eigenvalue weighted by atomic mass is 9.99. The summed E-state index contributed by atoms with van der Waals surface area (Å²) in [6, 6.07) is 1.25. The summed E-state index contributed by atoms with van der Waals surface area (Å²) in [6.07, 6.45) is 39.1. The van der Waals surface area contributed by atoms with Crippen molar-refractivity contribution in [2.24, 2.45) is 5.92 Å². The summed E-state index contributed by atoms with van der Waals surface area (Å²) in [5.41, 5.74) is 4.59. The van der Waals surface area contributed by atoms with E-state index in [0.29, 0.717) is 31.5 Å². The monoisotopic (exact) mass is 1110 g/mol. The summed E-state index contributed by atoms with van der Waals surface area (Å²) >= 11 is 0. The van der Waals surface area contributed by atoms with Gasteiger partial charge in [-0.15, -0.1) is 0 Å². The van der Waals surface area contributed by atoms with Gasteiger partial charge in [0.05, 0.1) is 25.4 Å². The average Bonchev–Trinajstić information content (AvgIpc) is 4.07. The minimum atomic E-state index is -5.44. The molecule has 2 aliphatic heterocycles. The number of aromatic nitrogens is 2. The third-order valence-electron chi connectivity index (χ3n) is 13.1. The van der Waals surface area contributed by atoms with Crippen molar-refractivity contribution in [2.45, 2.75) is 224 Å². The zero-order valence-electron chi connectivity index (χ0n) is 45.4. The first-order valence-electron chi connectivity index (χ1n) is 27.8. The van der Waals surface area contributed by atoms with Crippen LogP contribution in [-0.2, 0) is 51.0 Å². The number of carbonyl (C=O) groups excluding carboxylic acids is 2. The van der Waals surface area contributed by atoms with Crippen molar-refractivity contribution in [1.82, 2.24) is 9.55 Å². The first kappa shape index (κ1) is 66.7. The number of nitrogens with zero attached hydrogens (tertiary/aromatic N) is 2. The highest BCUT2D eigenvalue weighted by atomic mass is 31.3. The Morgan fingerprint density at radius 1 is 0.697 bits per heavy atom. The number of aliphatic hydroxyl groups excluding tert-OH is 2. The highest BCUT2D eigenvalue weighted by Gasteiger charge is 2.46. The van der Waals surface area contributed by atoms with Crippen LogP contribution in [0.3, 0.4) is 0 Å². The molecule has 21 heteroatoms. The summed E-state index contributed by atoms with van der Waals surface area (Å²) in [6.45, 7) is 4.34. The molecule has 0 saturated carbocycles. The fraction of sp³-hybridized carbons (Fsp3) is 0.709. The Labute approximate surface area is 451 Å². The molecular weight excluding hydrogens is 1020 g/mol. The van der Waals surface area contributed by atoms with Crippen molar-refractivity contribution in [3.05, 3.63) is 83.5 Å². The molecule has 0 amide bonds. The number of unbranched alkanes of at least 4 members (excludes halogenated alkanes) is 13. The zero-order chi connectivity index (χ0) is 55.4. The Balaban J connectivity index is 1.38. The van der Waals surface area contributed by atoms with Crippen LogP contribution in [0.5, 0.6) is 0 Å². The second-order valence-electron chi connectivity index (χ2n) is 19.7. The number of nitrogens with two attached hydrogens (primary N) is 1. The molecule has 0 aliphatic carbocycles. The molecular formula is C55H91N3O16P2. The van der Waals surface area contributed by atoms with Crippen LogP contribution in [0.4, 0.5) is 5.82 Å². The van der Waals surface area contributed by atoms with Gasteiger partial charge in [-0.05, 0) is 63.4 Å². The number of hydrogen-bond donors (Lipinski definition) is 5. The number of hydrogen-bond acceptors (Lipinski definition) is 16. The molecule has 2 aliphatic rings. The standard InChI is InChI=1S/C55H91N3O16P2/c1-4-6-29-35-46-47(72-46)36-31-26-22-18-14-11-12-15-19-23-27-32-37-50(59)68-41-45(71-51(60)38-33-28-24-20-16-10-8-7-9-13-17-21-25-30-34-44(3)5-2)42-69-75(64,65)74-76(66,67)70-43-48-52(61)53(62)54(73-48)58-40-39-49(56)57-55(58)63/h6,12,14-15,18,23,26-27,29,31,39-40,44-48,52-54,61-62H,4-5,7-11,13,16-17,19-22,24-25,28,30,32-38,41-43H2,1-3H3,(H,64,65)(H,66,67)(H2,56,57,63)/b15-12-,18-14-,27-23-,29-6-,31-26-/t44?,45-,46?,47?,48-,52-,53-,54-/m1/s1. The molecule has 76 heavy (non-hydrogen) atoms. The van der Waals surface area contributed by atoms with Crippen molar-refractivity contribution >= 4 is 33.4 Å². The lowest BCUT2D eigenvalue weighted by Gasteiger charge is -2.21. The Morgan fingerprint density at radius 2 is 1.24 bits per heavy atom. The molecule has 3 rings (SSSR count). The third-order valence-corrected chi connectivity index (χ3v) is 15.7. The molecule has 10 atom stereocenters. The number of esters is 2. The predicted octanol–water partition coefficient (Wildman–Crippen LogP) is 11.1. The Bertz CT molecular complexity index is 2100. The average molecular weight is 1110 g/mol. The van der Waals surface area contributed by atoms with Gasteiger partial charge >= 0.3 is 33.3 Å². The first-order valence-corrected chi connectivity index (χ1v) is 30.8. The minimum absolute atomic E-state index is 0.00239. The van der Waals surface area contributed by atoms with Crippen LogP contribution in [0.1, 0.15) is 188 Å². The van der Waals surface area contributed by atoms with Crippen molar-refractivity contribution in [3.8, 4) is 0 Å². The first-order chi connectivity index (χ1) is 36.5. The maximum atomic E-state index is 12.9. The predicted molar refractivity (Wildman–Crippen MR) is 293 cm³/mol. The number of anilines is 1. The zero-order valence-corrected chi connectivity index (χ0v) is 47.2. The van der Waals surface area contributed by atoms with Gasteiger partial charge in [-0.1, -0.05) is 178 Å². The van der Waals surface area contributed by atoms with Gasteiger partial charge in [-0.2, -0.15) is 9.29 Å². The van der Waals surface area contributed by atoms with E-state index in [0.717, 1.165) is 74.5 Å². The molecule has 0 spiro atoms. The van der Waals surface area contributed by atoms with E-state index in [1.54, 1.807) is 0 Å². The van der Waals surface area contributed by atoms with Crippen LogP contribution >= 0.6 is 15.6 Å². The molecule has 1 aromatic rings. The molecule has 0 radical (unpaired) electrons. The molecule has 432 valence electrons. The van der Waals surface area contributed by atoms with Gasteiger partial charge in [0.1, 0.15) is 30.7 Å². The van der Waals surface area contributed by atoms with Crippen LogP contribution < -0.4 is 11.4 Å². The van der Waals surface area contributed by atoms with E-state index < -0.39 is 83.7 Å². The fourth-order valence-corrected chi connectivity index (χ4v) is 10.4. The third kappa shape index (κ3) is 30.5. The number of ether oxygens (including phenoxy) is 4. The van der Waals surface area contributed by atoms with Crippen molar-refractivity contribution in [1.29, 1.82) is 0 Å². The molecule has 0 bridgehead atoms. The second-order valence-corrected chi connectivity index (χ2v) is 22.7. The van der Waals surface area contributed by atoms with Gasteiger partial charge in [0, 0.05) is 19.0 Å². The van der Waals surface area contributed by atoms with E-state index in [1.165, 1.54) is 76.7 Å². The van der Waals surface area contributed by atoms with E-state index in [-0.39, 0.29) is 18.7 Å². The second kappa shape index (κ2) is 38.9. The Kier molecular flexibility index (Phi) is 34.1. The van der Waals surface area contributed by atoms with Crippen LogP contribution in [0.15, 0.2) is 77.8 Å². The number of aliphatic hydroxyl groups is 2. The molecule has 19 nitrogen and oxygen atoms in total. The number of phosphoric acid groups is 2. The molecule has 2 fully saturated rings. The van der Waals surface area contributed by atoms with E-state index in [2.05, 4.69) is 72.6 Å². The summed E-state index contributed by atoms with van der Waals surface area (Å²) in [5, 5.41) is 21.0. The number of carbonyl (C=O) groups is 2. The van der Waals surface area contributed by atoms with Gasteiger partial charge < -0.3 is 44.7 Å². The van der Waals surface area contributed by atoms with Gasteiger partial charge in [0.15, 0.2) is 12.3 Å². The van der Waals surface area contributed by atoms with E-state index in [1.807, 2.05) is 18.2 Å². The van der Waals surface area contributed by atoms with Gasteiger partial charge in [-0.3, -0.25) is 23.2 Å². The summed E-state index contributed by atoms with van der Waals surface area (Å²) in [4.78, 5) is 62.1. The number of phosphoric ester groups is 2. The molecule has 3 heterocycles. The van der Waals surface area contributed by atoms with Gasteiger partial charge in [0.25, 0.3) is 0 Å². The lowest BCUT2D eigenvalue weighted by molar-refractivity contribution is -0.161. The largest absolute Gasteiger partial charge is 0.481 e. The highest BCUT2D eigenvalue weighted by Crippen LogP contribution is 2.60. The van der Waals surface area contributed by atoms with Crippen molar-refractivity contribution in [3.63, 3.8) is 0 Å². The van der Waals surface area contributed by atoms with Crippen LogP contribution in [-0.4, -0.2) is 97.9 Å². The lowest BCUT2D eigenvalue weighted by Crippen LogP contribution is -2.36. The molecule has 2 saturated heterocycles. The number of allylic oxidation sites excluding steroid dienone is 8. The maximum absolute atomic E-state index is 12.9. The van der Waals surface area contributed by atoms with Crippen LogP contribution in [0.25, 0.3) is 0 Å². The van der Waals surface area contributed by atoms with E-state index >= 15 is 0 Å². The number of nitrogen functional groups attached to an aromatic ring is 1. The van der Waals surface area contributed by atoms with E-state index in [4.69, 9.17) is 33.7 Å². The highest BCUT2D eigenvalue weighted by molar-refractivity contribution is 7.61. The summed E-state index contributed by atoms with van der Waals surface area (Å²) < 4.78 is 62.6. The fourth-order valence-electron chi connectivity index (χ4n) is 8.30. The molecule has 1 aromatic heterocycles. The van der Waals surface area contributed by atoms with Crippen LogP contribution in [0.2, 0.25) is 0 Å². The minimum Gasteiger partial charge on any atom is -0.462 e. The normalized spacial score (nSPS) is 22.2. The molecule has 0 aromatic carbocycles. The number of epoxide rings is 1. The maximum Gasteiger partial charge on any atom is 0.481 e. The smallest absolute Gasteiger partial charge is 0.462 e. The summed E-state index contributed by atoms with van der Waals surface area (Å²) in [5.74, 6) is -0.560. The van der Waals surface area contributed by atoms with Crippen LogP contribution in [0, 0.1) is 5.92 Å². The number of rotatable bonds is 44. The SMILES string of the molecule is CC/C=C\CC1OC1C/C=C\C/C=C\C/C=C\C/C=C\CCC(=O)OC[C@H](COP(=O)(O)OP(=O)(O)OC[C@H]1O[C@@H](n2ccc(N)nc2=O)[C@H](O)[C@@H]1O)OC(=O)CCCCCCCCCCCCCCCCC(C)CC. The Hall–Kier alpha value is -3.58. The van der Waals surface area contributed by atoms with Crippen molar-refractivity contribution < 1.29 is 71.0 Å². The summed E-state index contributed by atoms with van der Waals surface area (Å²) in [7, 11) is -10.9. The quantitative estimate of drug-likeness (QED) is 0.0133. The topological polar surface area (TPSA) is 278 Å². The van der Waals surface area contributed by atoms with Gasteiger partial charge in [-0.25, -0.2) is 13.9 Å². The molecule has 5 unspecified atom stereocenters. The van der Waals surface area contributed by atoms with Crippen molar-refractivity contribution in [2.75, 3.05) is 25.6 Å². The molecule has 6 N–H and O–H groups in total. The van der Waals surface area contributed by atoms with Gasteiger partial charge in [0.2, 0.25) is 0 Å². The van der Waals surface area contributed by atoms with E-state index in [9.17, 15) is 43.5 Å². The Morgan fingerprint density at radius 3 is 1.82 bits per heavy atom.